The van der Waals surface area contributed by atoms with Crippen LogP contribution in [0.15, 0.2) is 24.4 Å². The highest BCUT2D eigenvalue weighted by atomic mass is 32.2. The van der Waals surface area contributed by atoms with Crippen molar-refractivity contribution in [1.29, 1.82) is 0 Å². The van der Waals surface area contributed by atoms with Gasteiger partial charge in [0.1, 0.15) is 0 Å². The molecule has 0 aliphatic heterocycles. The monoisotopic (exact) mass is 307 g/mol. The second-order valence-electron chi connectivity index (χ2n) is 4.62. The van der Waals surface area contributed by atoms with Gasteiger partial charge in [0.2, 0.25) is 0 Å². The number of pyridine rings is 1. The van der Waals surface area contributed by atoms with Gasteiger partial charge in [-0.15, -0.1) is 0 Å². The van der Waals surface area contributed by atoms with Crippen molar-refractivity contribution < 1.29 is 9.13 Å². The van der Waals surface area contributed by atoms with Crippen LogP contribution in [0.3, 0.4) is 0 Å². The average molecular weight is 307 g/mol. The molecule has 0 aliphatic carbocycles. The molecule has 0 bridgehead atoms. The zero-order valence-corrected chi connectivity index (χ0v) is 12.8. The number of nitro groups is 1. The van der Waals surface area contributed by atoms with Crippen molar-refractivity contribution in [2.75, 3.05) is 23.4 Å². The fraction of sp³-hybridized carbons (Fsp3) is 0.357. The number of fused-ring (bicyclic) bond motifs is 1. The number of anilines is 1. The van der Waals surface area contributed by atoms with Crippen LogP contribution in [0.4, 0.5) is 11.4 Å². The number of non-ortho nitro benzene ring substituents is 1. The molecule has 0 fully saturated rings. The van der Waals surface area contributed by atoms with Gasteiger partial charge in [-0.2, -0.15) is 0 Å². The van der Waals surface area contributed by atoms with Crippen LogP contribution in [0.2, 0.25) is 0 Å². The molecule has 21 heavy (non-hydrogen) atoms. The first-order chi connectivity index (χ1) is 10.0. The standard InChI is InChI=1S/C14H17N3O3S/c1-3-21(20)7-6-15-13-4-5-14(17(18)19)12-9-16-10(2)8-11(12)13/h4-5,8-9,15H,3,6-7H2,1-2H3. The topological polar surface area (TPSA) is 85.1 Å². The third kappa shape index (κ3) is 3.55. The van der Waals surface area contributed by atoms with E-state index in [2.05, 4.69) is 10.3 Å². The van der Waals surface area contributed by atoms with Crippen LogP contribution in [0.5, 0.6) is 0 Å². The molecule has 1 heterocycles. The van der Waals surface area contributed by atoms with Crippen molar-refractivity contribution in [3.8, 4) is 0 Å². The Morgan fingerprint density at radius 2 is 2.14 bits per heavy atom. The van der Waals surface area contributed by atoms with E-state index in [1.807, 2.05) is 19.9 Å². The molecule has 1 atom stereocenters. The van der Waals surface area contributed by atoms with Crippen molar-refractivity contribution in [3.63, 3.8) is 0 Å². The number of hydrogen-bond donors (Lipinski definition) is 1. The molecular formula is C14H17N3O3S. The summed E-state index contributed by atoms with van der Waals surface area (Å²) in [6.07, 6.45) is 1.53. The van der Waals surface area contributed by atoms with Crippen molar-refractivity contribution >= 4 is 32.9 Å². The van der Waals surface area contributed by atoms with Gasteiger partial charge in [-0.05, 0) is 19.1 Å². The fourth-order valence-electron chi connectivity index (χ4n) is 2.09. The Balaban J connectivity index is 2.36. The third-order valence-corrected chi connectivity index (χ3v) is 4.48. The zero-order chi connectivity index (χ0) is 15.4. The maximum Gasteiger partial charge on any atom is 0.278 e. The maximum absolute atomic E-state index is 11.4. The molecule has 6 nitrogen and oxygen atoms in total. The van der Waals surface area contributed by atoms with E-state index in [1.165, 1.54) is 12.3 Å². The summed E-state index contributed by atoms with van der Waals surface area (Å²) in [5.41, 5.74) is 1.64. The molecule has 0 saturated heterocycles. The molecule has 0 aliphatic rings. The molecule has 0 spiro atoms. The smallest absolute Gasteiger partial charge is 0.278 e. The van der Waals surface area contributed by atoms with Gasteiger partial charge in [-0.25, -0.2) is 0 Å². The minimum atomic E-state index is -0.834. The first-order valence-electron chi connectivity index (χ1n) is 6.65. The summed E-state index contributed by atoms with van der Waals surface area (Å²) >= 11 is 0. The molecule has 1 aromatic heterocycles. The van der Waals surface area contributed by atoms with Crippen LogP contribution in [0, 0.1) is 17.0 Å². The normalized spacial score (nSPS) is 12.3. The Bertz CT molecular complexity index is 703. The van der Waals surface area contributed by atoms with Gasteiger partial charge in [0, 0.05) is 57.9 Å². The number of nitro benzene ring substituents is 1. The summed E-state index contributed by atoms with van der Waals surface area (Å²) in [6, 6.07) is 4.98. The van der Waals surface area contributed by atoms with Crippen LogP contribution < -0.4 is 5.32 Å². The molecular weight excluding hydrogens is 290 g/mol. The number of nitrogens with zero attached hydrogens (tertiary/aromatic N) is 2. The predicted octanol–water partition coefficient (Wildman–Crippen LogP) is 2.63. The molecule has 0 radical (unpaired) electrons. The van der Waals surface area contributed by atoms with Crippen LogP contribution in [0.1, 0.15) is 12.6 Å². The fourth-order valence-corrected chi connectivity index (χ4v) is 2.70. The summed E-state index contributed by atoms with van der Waals surface area (Å²) in [6.45, 7) is 4.29. The molecule has 0 amide bonds. The van der Waals surface area contributed by atoms with Crippen LogP contribution in [0.25, 0.3) is 10.8 Å². The van der Waals surface area contributed by atoms with Crippen LogP contribution >= 0.6 is 0 Å². The molecule has 1 aromatic carbocycles. The van der Waals surface area contributed by atoms with E-state index in [-0.39, 0.29) is 5.69 Å². The second-order valence-corrected chi connectivity index (χ2v) is 6.49. The number of benzene rings is 1. The highest BCUT2D eigenvalue weighted by molar-refractivity contribution is 7.84. The van der Waals surface area contributed by atoms with E-state index in [0.29, 0.717) is 23.4 Å². The summed E-state index contributed by atoms with van der Waals surface area (Å²) in [7, 11) is -0.834. The number of rotatable bonds is 6. The summed E-state index contributed by atoms with van der Waals surface area (Å²) < 4.78 is 11.4. The largest absolute Gasteiger partial charge is 0.384 e. The SMILES string of the molecule is CCS(=O)CCNc1ccc([N+](=O)[O-])c2cnc(C)cc12. The Labute approximate surface area is 125 Å². The first-order valence-corrected chi connectivity index (χ1v) is 8.14. The lowest BCUT2D eigenvalue weighted by Gasteiger charge is -2.10. The predicted molar refractivity (Wildman–Crippen MR) is 85.2 cm³/mol. The van der Waals surface area contributed by atoms with Gasteiger partial charge in [0.25, 0.3) is 5.69 Å². The van der Waals surface area contributed by atoms with E-state index in [1.54, 1.807) is 6.07 Å². The van der Waals surface area contributed by atoms with Gasteiger partial charge in [-0.3, -0.25) is 19.3 Å². The van der Waals surface area contributed by atoms with Crippen molar-refractivity contribution in [1.82, 2.24) is 4.98 Å². The van der Waals surface area contributed by atoms with Gasteiger partial charge in [0.15, 0.2) is 0 Å². The molecule has 2 rings (SSSR count). The number of nitrogens with one attached hydrogen (secondary N) is 1. The zero-order valence-electron chi connectivity index (χ0n) is 12.0. The van der Waals surface area contributed by atoms with Gasteiger partial charge in [-0.1, -0.05) is 6.92 Å². The molecule has 1 N–H and O–H groups in total. The first kappa shape index (κ1) is 15.4. The Morgan fingerprint density at radius 1 is 1.38 bits per heavy atom. The number of hydrogen-bond acceptors (Lipinski definition) is 5. The Morgan fingerprint density at radius 3 is 2.81 bits per heavy atom. The lowest BCUT2D eigenvalue weighted by atomic mass is 10.1. The maximum atomic E-state index is 11.4. The van der Waals surface area contributed by atoms with Gasteiger partial charge < -0.3 is 5.32 Å². The number of aryl methyl sites for hydroxylation is 1. The van der Waals surface area contributed by atoms with E-state index < -0.39 is 15.7 Å². The summed E-state index contributed by atoms with van der Waals surface area (Å²) in [5, 5.41) is 15.5. The molecule has 2 aromatic rings. The average Bonchev–Trinajstić information content (AvgIpc) is 2.46. The van der Waals surface area contributed by atoms with Crippen molar-refractivity contribution in [2.45, 2.75) is 13.8 Å². The van der Waals surface area contributed by atoms with Gasteiger partial charge >= 0.3 is 0 Å². The highest BCUT2D eigenvalue weighted by Crippen LogP contribution is 2.31. The quantitative estimate of drug-likeness (QED) is 0.655. The van der Waals surface area contributed by atoms with Gasteiger partial charge in [0.05, 0.1) is 10.3 Å². The van der Waals surface area contributed by atoms with Crippen molar-refractivity contribution in [2.24, 2.45) is 0 Å². The lowest BCUT2D eigenvalue weighted by molar-refractivity contribution is -0.383. The molecule has 112 valence electrons. The second kappa shape index (κ2) is 6.62. The molecule has 1 unspecified atom stereocenters. The third-order valence-electron chi connectivity index (χ3n) is 3.18. The van der Waals surface area contributed by atoms with E-state index >= 15 is 0 Å². The van der Waals surface area contributed by atoms with E-state index in [9.17, 15) is 14.3 Å². The molecule has 0 saturated carbocycles. The van der Waals surface area contributed by atoms with Crippen LogP contribution in [-0.4, -0.2) is 32.2 Å². The summed E-state index contributed by atoms with van der Waals surface area (Å²) in [5.74, 6) is 1.19. The minimum Gasteiger partial charge on any atom is -0.384 e. The van der Waals surface area contributed by atoms with E-state index in [0.717, 1.165) is 16.8 Å². The van der Waals surface area contributed by atoms with E-state index in [4.69, 9.17) is 0 Å². The molecule has 7 heteroatoms. The highest BCUT2D eigenvalue weighted by Gasteiger charge is 2.14. The summed E-state index contributed by atoms with van der Waals surface area (Å²) in [4.78, 5) is 14.8. The Kier molecular flexibility index (Phi) is 4.85. The minimum absolute atomic E-state index is 0.0418. The van der Waals surface area contributed by atoms with Crippen molar-refractivity contribution in [3.05, 3.63) is 40.2 Å². The van der Waals surface area contributed by atoms with Crippen LogP contribution in [-0.2, 0) is 10.8 Å². The lowest BCUT2D eigenvalue weighted by Crippen LogP contribution is -2.12. The Hall–Kier alpha value is -2.02. The number of aromatic nitrogens is 1.